The van der Waals surface area contributed by atoms with Crippen molar-refractivity contribution < 1.29 is 4.42 Å². The molecule has 0 bridgehead atoms. The summed E-state index contributed by atoms with van der Waals surface area (Å²) in [6.07, 6.45) is 11.5. The van der Waals surface area contributed by atoms with E-state index in [4.69, 9.17) is 4.42 Å². The Morgan fingerprint density at radius 3 is 1.52 bits per heavy atom. The first-order chi connectivity index (χ1) is 30.8. The van der Waals surface area contributed by atoms with Gasteiger partial charge in [-0.2, -0.15) is 0 Å². The lowest BCUT2D eigenvalue weighted by Crippen LogP contribution is -2.61. The van der Waals surface area contributed by atoms with Gasteiger partial charge in [0.05, 0.1) is 17.0 Å². The van der Waals surface area contributed by atoms with Crippen molar-refractivity contribution in [1.29, 1.82) is 0 Å². The van der Waals surface area contributed by atoms with Crippen LogP contribution in [0, 0.1) is 0 Å². The third kappa shape index (κ3) is 4.78. The number of rotatable bonds is 5. The van der Waals surface area contributed by atoms with Gasteiger partial charge in [-0.05, 0) is 215 Å². The van der Waals surface area contributed by atoms with Gasteiger partial charge in [0.15, 0.2) is 0 Å². The SMILES string of the molecule is CC(C)(C)c1cccc2oc3c(c12)N(c1ccc2c(c1)CC2)c1cc(N(c2ccc4c(c2)CC4)c2ccc4c(c2)CC4)cc2c1B3c1cc3c(cc1N2c1ccc2c(c1)CC2)CC3. The van der Waals surface area contributed by atoms with Crippen LogP contribution in [0.3, 0.4) is 0 Å². The molecule has 0 radical (unpaired) electrons. The molecule has 2 aliphatic heterocycles. The second kappa shape index (κ2) is 12.2. The van der Waals surface area contributed by atoms with Gasteiger partial charge in [0.1, 0.15) is 5.58 Å². The summed E-state index contributed by atoms with van der Waals surface area (Å²) < 4.78 is 7.43. The van der Waals surface area contributed by atoms with Gasteiger partial charge in [0.2, 0.25) is 0 Å². The van der Waals surface area contributed by atoms with Crippen LogP contribution in [0.2, 0.25) is 0 Å². The molecule has 15 rings (SSSR count). The summed E-state index contributed by atoms with van der Waals surface area (Å²) >= 11 is 0. The van der Waals surface area contributed by atoms with Gasteiger partial charge < -0.3 is 19.1 Å². The molecule has 0 fully saturated rings. The summed E-state index contributed by atoms with van der Waals surface area (Å²) in [5.74, 6) is 0. The molecule has 3 heterocycles. The fraction of sp³-hybridized carbons (Fsp3) is 0.241. The van der Waals surface area contributed by atoms with Gasteiger partial charge >= 0.3 is 0 Å². The zero-order valence-electron chi connectivity index (χ0n) is 36.4. The van der Waals surface area contributed by atoms with Crippen LogP contribution in [0.4, 0.5) is 51.2 Å². The Hall–Kier alpha value is -6.46. The number of aryl methyl sites for hydroxylation is 10. The Balaban J connectivity index is 1.09. The van der Waals surface area contributed by atoms with E-state index < -0.39 is 0 Å². The van der Waals surface area contributed by atoms with Crippen LogP contribution in [0.25, 0.3) is 11.0 Å². The van der Waals surface area contributed by atoms with Gasteiger partial charge in [0, 0.05) is 45.2 Å². The van der Waals surface area contributed by atoms with Crippen LogP contribution in [-0.2, 0) is 69.6 Å². The molecule has 0 N–H and O–H groups in total. The molecule has 1 aromatic heterocycles. The Morgan fingerprint density at radius 1 is 0.476 bits per heavy atom. The molecule has 7 aromatic carbocycles. The van der Waals surface area contributed by atoms with E-state index in [-0.39, 0.29) is 12.1 Å². The molecule has 5 heteroatoms. The fourth-order valence-electron chi connectivity index (χ4n) is 12.2. The normalized spacial score (nSPS) is 16.4. The Morgan fingerprint density at radius 2 is 0.984 bits per heavy atom. The first kappa shape index (κ1) is 35.1. The maximum Gasteiger partial charge on any atom is 0.297 e. The van der Waals surface area contributed by atoms with Gasteiger partial charge in [-0.15, -0.1) is 0 Å². The Bertz CT molecular complexity index is 3330. The van der Waals surface area contributed by atoms with Gasteiger partial charge in [-0.3, -0.25) is 0 Å². The average molecular weight is 814 g/mol. The van der Waals surface area contributed by atoms with Gasteiger partial charge in [-0.25, -0.2) is 0 Å². The monoisotopic (exact) mass is 813 g/mol. The molecule has 0 unspecified atom stereocenters. The number of nitrogens with zero attached hydrogens (tertiary/aromatic N) is 3. The second-order valence-electron chi connectivity index (χ2n) is 20.6. The largest absolute Gasteiger partial charge is 0.468 e. The fourth-order valence-corrected chi connectivity index (χ4v) is 12.2. The second-order valence-corrected chi connectivity index (χ2v) is 20.6. The van der Waals surface area contributed by atoms with Crippen LogP contribution < -0.4 is 31.3 Å². The number of benzene rings is 7. The zero-order chi connectivity index (χ0) is 41.5. The van der Waals surface area contributed by atoms with E-state index in [1.165, 1.54) is 148 Å². The molecule has 0 spiro atoms. The van der Waals surface area contributed by atoms with Crippen LogP contribution >= 0.6 is 0 Å². The summed E-state index contributed by atoms with van der Waals surface area (Å²) in [5, 5.41) is 1.23. The minimum absolute atomic E-state index is 0.0765. The smallest absolute Gasteiger partial charge is 0.297 e. The topological polar surface area (TPSA) is 22.9 Å². The van der Waals surface area contributed by atoms with Crippen molar-refractivity contribution in [1.82, 2.24) is 0 Å². The van der Waals surface area contributed by atoms with Crippen molar-refractivity contribution in [3.63, 3.8) is 0 Å². The minimum Gasteiger partial charge on any atom is -0.468 e. The third-order valence-corrected chi connectivity index (χ3v) is 16.2. The summed E-state index contributed by atoms with van der Waals surface area (Å²) in [7, 11) is 0. The Kier molecular flexibility index (Phi) is 6.77. The van der Waals surface area contributed by atoms with E-state index in [0.29, 0.717) is 0 Å². The molecular weight excluding hydrogens is 765 g/mol. The zero-order valence-corrected chi connectivity index (χ0v) is 36.4. The predicted molar refractivity (Wildman–Crippen MR) is 261 cm³/mol. The van der Waals surface area contributed by atoms with E-state index in [0.717, 1.165) is 56.2 Å². The molecule has 8 aromatic rings. The molecule has 5 aliphatic carbocycles. The summed E-state index contributed by atoms with van der Waals surface area (Å²) in [6, 6.07) is 46.0. The van der Waals surface area contributed by atoms with Gasteiger partial charge in [0.25, 0.3) is 6.71 Å². The van der Waals surface area contributed by atoms with E-state index in [2.05, 4.69) is 151 Å². The molecule has 0 atom stereocenters. The summed E-state index contributed by atoms with van der Waals surface area (Å²) in [6.45, 7) is 6.98. The van der Waals surface area contributed by atoms with Crippen molar-refractivity contribution in [2.75, 3.05) is 14.7 Å². The number of furan rings is 1. The van der Waals surface area contributed by atoms with Crippen molar-refractivity contribution in [2.24, 2.45) is 0 Å². The molecule has 63 heavy (non-hydrogen) atoms. The lowest BCUT2D eigenvalue weighted by molar-refractivity contribution is 0.594. The lowest BCUT2D eigenvalue weighted by atomic mass is 9.35. The van der Waals surface area contributed by atoms with Gasteiger partial charge in [-0.1, -0.05) is 63.2 Å². The predicted octanol–water partition coefficient (Wildman–Crippen LogP) is 11.8. The highest BCUT2D eigenvalue weighted by atomic mass is 16.3. The maximum atomic E-state index is 7.43. The minimum atomic E-state index is -0.101. The quantitative estimate of drug-likeness (QED) is 0.161. The van der Waals surface area contributed by atoms with E-state index in [1.54, 1.807) is 0 Å². The third-order valence-electron chi connectivity index (χ3n) is 16.2. The number of anilines is 9. The van der Waals surface area contributed by atoms with Crippen molar-refractivity contribution in [3.05, 3.63) is 176 Å². The van der Waals surface area contributed by atoms with Crippen LogP contribution in [0.1, 0.15) is 82.0 Å². The first-order valence-electron chi connectivity index (χ1n) is 23.6. The Labute approximate surface area is 369 Å². The van der Waals surface area contributed by atoms with E-state index >= 15 is 0 Å². The highest BCUT2D eigenvalue weighted by Gasteiger charge is 2.48. The van der Waals surface area contributed by atoms with Crippen LogP contribution in [0.15, 0.2) is 120 Å². The molecule has 4 nitrogen and oxygen atoms in total. The highest BCUT2D eigenvalue weighted by molar-refractivity contribution is 7.00. The lowest BCUT2D eigenvalue weighted by Gasteiger charge is -2.44. The number of hydrogen-bond donors (Lipinski definition) is 0. The van der Waals surface area contributed by atoms with Crippen LogP contribution in [-0.4, -0.2) is 6.71 Å². The average Bonchev–Trinajstić information content (AvgIpc) is 3.61. The van der Waals surface area contributed by atoms with Crippen molar-refractivity contribution in [2.45, 2.75) is 90.4 Å². The first-order valence-corrected chi connectivity index (χ1v) is 23.6. The molecule has 0 saturated heterocycles. The molecule has 304 valence electrons. The van der Waals surface area contributed by atoms with Crippen LogP contribution in [0.5, 0.6) is 0 Å². The highest BCUT2D eigenvalue weighted by Crippen LogP contribution is 2.52. The molecule has 0 saturated carbocycles. The summed E-state index contributed by atoms with van der Waals surface area (Å²) in [4.78, 5) is 7.84. The van der Waals surface area contributed by atoms with Crippen molar-refractivity contribution >= 4 is 85.5 Å². The molecule has 0 amide bonds. The number of hydrogen-bond acceptors (Lipinski definition) is 4. The summed E-state index contributed by atoms with van der Waals surface area (Å²) in [5.41, 5.74) is 31.8. The molecular formula is C58H48BN3O. The number of fused-ring (bicyclic) bond motifs is 11. The molecule has 7 aliphatic rings. The maximum absolute atomic E-state index is 7.43. The van der Waals surface area contributed by atoms with Crippen molar-refractivity contribution in [3.8, 4) is 0 Å². The van der Waals surface area contributed by atoms with E-state index in [1.807, 2.05) is 0 Å². The standard InChI is InChI=1S/C58H48BN3O/c1-58(2,3)48-5-4-6-53-54(48)56-57(63-53)59-49-29-41-15-16-42(41)30-50(49)61(45-23-19-35-9-13-39(35)27-45)51-31-47(32-52(55(51)59)62(56)46-24-20-36-10-14-40(36)28-46)60(43-21-17-33-7-11-37(33)25-43)44-22-18-34-8-12-38(34)26-44/h4-6,17-32H,7-16H2,1-3H3. The van der Waals surface area contributed by atoms with E-state index in [9.17, 15) is 0 Å².